The quantitative estimate of drug-likeness (QED) is 0.861. The van der Waals surface area contributed by atoms with E-state index in [2.05, 4.69) is 10.3 Å². The van der Waals surface area contributed by atoms with Crippen LogP contribution >= 0.6 is 0 Å². The van der Waals surface area contributed by atoms with Gasteiger partial charge in [0.15, 0.2) is 0 Å². The van der Waals surface area contributed by atoms with Gasteiger partial charge >= 0.3 is 0 Å². The number of methoxy groups -OCH3 is 2. The summed E-state index contributed by atoms with van der Waals surface area (Å²) in [5, 5.41) is 3.41. The highest BCUT2D eigenvalue weighted by Crippen LogP contribution is 2.39. The van der Waals surface area contributed by atoms with Crippen LogP contribution in [0.2, 0.25) is 0 Å². The van der Waals surface area contributed by atoms with Crippen LogP contribution in [0.4, 0.5) is 0 Å². The molecular formula is C14H18N2O2. The van der Waals surface area contributed by atoms with E-state index in [-0.39, 0.29) is 5.54 Å². The van der Waals surface area contributed by atoms with Crippen molar-refractivity contribution in [1.29, 1.82) is 0 Å². The van der Waals surface area contributed by atoms with Crippen LogP contribution in [-0.2, 0) is 12.8 Å². The lowest BCUT2D eigenvalue weighted by molar-refractivity contribution is 0.336. The van der Waals surface area contributed by atoms with Crippen molar-refractivity contribution in [3.8, 4) is 11.5 Å². The molecule has 4 nitrogen and oxygen atoms in total. The second-order valence-electron chi connectivity index (χ2n) is 5.00. The maximum atomic E-state index is 5.49. The van der Waals surface area contributed by atoms with Gasteiger partial charge < -0.3 is 14.8 Å². The molecule has 96 valence electrons. The molecule has 0 bridgehead atoms. The maximum Gasteiger partial charge on any atom is 0.122 e. The number of nitrogens with one attached hydrogen (secondary N) is 1. The molecule has 3 rings (SSSR count). The van der Waals surface area contributed by atoms with Crippen LogP contribution in [0.5, 0.6) is 11.5 Å². The predicted molar refractivity (Wildman–Crippen MR) is 70.8 cm³/mol. The summed E-state index contributed by atoms with van der Waals surface area (Å²) in [6.45, 7) is 0.854. The van der Waals surface area contributed by atoms with E-state index in [1.54, 1.807) is 14.2 Å². The molecule has 1 aromatic carbocycles. The van der Waals surface area contributed by atoms with E-state index in [1.807, 2.05) is 18.5 Å². The summed E-state index contributed by atoms with van der Waals surface area (Å²) in [4.78, 5) is 4.32. The van der Waals surface area contributed by atoms with E-state index in [0.29, 0.717) is 0 Å². The smallest absolute Gasteiger partial charge is 0.122 e. The molecule has 1 aromatic rings. The molecule has 0 aromatic heterocycles. The third-order valence-electron chi connectivity index (χ3n) is 4.01. The van der Waals surface area contributed by atoms with Crippen molar-refractivity contribution in [2.24, 2.45) is 4.99 Å². The van der Waals surface area contributed by atoms with Crippen LogP contribution in [0, 0.1) is 0 Å². The zero-order valence-corrected chi connectivity index (χ0v) is 10.8. The summed E-state index contributed by atoms with van der Waals surface area (Å²) in [7, 11) is 3.45. The molecule has 1 spiro atoms. The number of nitrogens with zero attached hydrogens (tertiary/aromatic N) is 1. The third kappa shape index (κ3) is 1.64. The van der Waals surface area contributed by atoms with Gasteiger partial charge in [0.1, 0.15) is 11.5 Å². The van der Waals surface area contributed by atoms with Crippen molar-refractivity contribution >= 4 is 6.34 Å². The lowest BCUT2D eigenvalue weighted by Crippen LogP contribution is -2.48. The van der Waals surface area contributed by atoms with Crippen LogP contribution in [-0.4, -0.2) is 32.6 Å². The number of fused-ring (bicyclic) bond motifs is 1. The standard InChI is InChI=1S/C14H18N2O2/c1-17-12-3-4-13(18-2)11-7-14(6-5-10(11)12)8-15-9-16-14/h3-4,9H,5-8H2,1-2H3,(H,15,16)/t14-/m0/s1. The van der Waals surface area contributed by atoms with Crippen molar-refractivity contribution in [2.45, 2.75) is 24.8 Å². The zero-order chi connectivity index (χ0) is 12.6. The highest BCUT2D eigenvalue weighted by Gasteiger charge is 2.38. The van der Waals surface area contributed by atoms with Gasteiger partial charge in [-0.2, -0.15) is 0 Å². The van der Waals surface area contributed by atoms with Gasteiger partial charge in [0.25, 0.3) is 0 Å². The van der Waals surface area contributed by atoms with Crippen LogP contribution in [0.25, 0.3) is 0 Å². The van der Waals surface area contributed by atoms with Crippen molar-refractivity contribution in [1.82, 2.24) is 5.32 Å². The minimum Gasteiger partial charge on any atom is -0.496 e. The largest absolute Gasteiger partial charge is 0.496 e. The minimum absolute atomic E-state index is 0.0899. The fourth-order valence-corrected chi connectivity index (χ4v) is 3.00. The summed E-state index contributed by atoms with van der Waals surface area (Å²) in [6, 6.07) is 3.99. The number of hydrogen-bond acceptors (Lipinski definition) is 4. The average molecular weight is 246 g/mol. The van der Waals surface area contributed by atoms with Gasteiger partial charge in [-0.05, 0) is 25.0 Å². The number of ether oxygens (including phenoxy) is 2. The molecule has 0 saturated heterocycles. The van der Waals surface area contributed by atoms with Crippen LogP contribution in [0.3, 0.4) is 0 Å². The normalized spacial score (nSPS) is 24.8. The number of aliphatic imine (C=N–C) groups is 1. The first-order chi connectivity index (χ1) is 8.78. The molecule has 0 fully saturated rings. The highest BCUT2D eigenvalue weighted by molar-refractivity contribution is 5.61. The molecule has 4 heteroatoms. The Kier molecular flexibility index (Phi) is 2.65. The summed E-state index contributed by atoms with van der Waals surface area (Å²) in [5.74, 6) is 1.93. The Bertz CT molecular complexity index is 489. The Morgan fingerprint density at radius 2 is 1.89 bits per heavy atom. The van der Waals surface area contributed by atoms with Crippen molar-refractivity contribution in [3.05, 3.63) is 23.3 Å². The average Bonchev–Trinajstić information content (AvgIpc) is 2.85. The Hall–Kier alpha value is -1.71. The minimum atomic E-state index is 0.0899. The number of benzene rings is 1. The topological polar surface area (TPSA) is 42.9 Å². The van der Waals surface area contributed by atoms with E-state index in [9.17, 15) is 0 Å². The molecule has 0 unspecified atom stereocenters. The number of hydrogen-bond donors (Lipinski definition) is 1. The fourth-order valence-electron chi connectivity index (χ4n) is 3.00. The van der Waals surface area contributed by atoms with E-state index >= 15 is 0 Å². The molecule has 1 aliphatic carbocycles. The molecule has 18 heavy (non-hydrogen) atoms. The van der Waals surface area contributed by atoms with Crippen molar-refractivity contribution in [2.75, 3.05) is 20.8 Å². The second-order valence-corrected chi connectivity index (χ2v) is 5.00. The highest BCUT2D eigenvalue weighted by atomic mass is 16.5. The first-order valence-corrected chi connectivity index (χ1v) is 6.27. The summed E-state index contributed by atoms with van der Waals surface area (Å²) < 4.78 is 10.9. The predicted octanol–water partition coefficient (Wildman–Crippen LogP) is 1.56. The lowest BCUT2D eigenvalue weighted by Gasteiger charge is -2.35. The van der Waals surface area contributed by atoms with Gasteiger partial charge in [0.05, 0.1) is 32.6 Å². The summed E-state index contributed by atoms with van der Waals surface area (Å²) in [5.41, 5.74) is 2.64. The van der Waals surface area contributed by atoms with Crippen molar-refractivity contribution < 1.29 is 9.47 Å². The molecule has 2 aliphatic rings. The van der Waals surface area contributed by atoms with Gasteiger partial charge in [0, 0.05) is 17.5 Å². The van der Waals surface area contributed by atoms with E-state index in [4.69, 9.17) is 9.47 Å². The molecule has 1 atom stereocenters. The van der Waals surface area contributed by atoms with Crippen molar-refractivity contribution in [3.63, 3.8) is 0 Å². The van der Waals surface area contributed by atoms with Crippen LogP contribution in [0.1, 0.15) is 17.5 Å². The van der Waals surface area contributed by atoms with E-state index in [1.165, 1.54) is 11.1 Å². The van der Waals surface area contributed by atoms with Gasteiger partial charge in [-0.1, -0.05) is 0 Å². The van der Waals surface area contributed by atoms with E-state index < -0.39 is 0 Å². The maximum absolute atomic E-state index is 5.49. The molecule has 0 saturated carbocycles. The summed E-state index contributed by atoms with van der Waals surface area (Å²) >= 11 is 0. The first-order valence-electron chi connectivity index (χ1n) is 6.27. The Labute approximate surface area is 107 Å². The van der Waals surface area contributed by atoms with Gasteiger partial charge in [-0.3, -0.25) is 4.99 Å². The molecular weight excluding hydrogens is 228 g/mol. The van der Waals surface area contributed by atoms with E-state index in [0.717, 1.165) is 37.3 Å². The lowest BCUT2D eigenvalue weighted by atomic mass is 9.77. The molecule has 0 amide bonds. The summed E-state index contributed by atoms with van der Waals surface area (Å²) in [6.07, 6.45) is 4.87. The van der Waals surface area contributed by atoms with Crippen LogP contribution < -0.4 is 14.8 Å². The molecule has 0 radical (unpaired) electrons. The Balaban J connectivity index is 2.02. The van der Waals surface area contributed by atoms with Gasteiger partial charge in [-0.25, -0.2) is 0 Å². The second kappa shape index (κ2) is 4.19. The molecule has 1 heterocycles. The SMILES string of the molecule is COc1ccc(OC)c2c1CC[C@@]1(CN=CN1)C2. The van der Waals surface area contributed by atoms with Gasteiger partial charge in [-0.15, -0.1) is 0 Å². The fraction of sp³-hybridized carbons (Fsp3) is 0.500. The van der Waals surface area contributed by atoms with Crippen LogP contribution in [0.15, 0.2) is 17.1 Å². The first kappa shape index (κ1) is 11.4. The molecule has 1 aliphatic heterocycles. The third-order valence-corrected chi connectivity index (χ3v) is 4.01. The Morgan fingerprint density at radius 3 is 2.50 bits per heavy atom. The molecule has 1 N–H and O–H groups in total. The Morgan fingerprint density at radius 1 is 1.17 bits per heavy atom. The van der Waals surface area contributed by atoms with Gasteiger partial charge in [0.2, 0.25) is 0 Å². The monoisotopic (exact) mass is 246 g/mol. The zero-order valence-electron chi connectivity index (χ0n) is 10.8. The number of rotatable bonds is 2.